The standard InChI is InChI=1S/C19H25N3O3/c1-20(2)12-13-21(3)19(23)22-11-10-18(17-9-6-14-24-17)25-16-8-5-4-7-15(16)22/h4-9,14,18H,10-13H2,1-3H3. The molecule has 0 aliphatic carbocycles. The van der Waals surface area contributed by atoms with Gasteiger partial charge in [-0.1, -0.05) is 12.1 Å². The maximum Gasteiger partial charge on any atom is 0.324 e. The Morgan fingerprint density at radius 2 is 1.96 bits per heavy atom. The second kappa shape index (κ2) is 7.61. The average Bonchev–Trinajstić information content (AvgIpc) is 3.07. The number of para-hydroxylation sites is 2. The number of ether oxygens (including phenoxy) is 1. The number of anilines is 1. The molecule has 2 amide bonds. The van der Waals surface area contributed by atoms with Gasteiger partial charge in [-0.2, -0.15) is 0 Å². The number of carbonyl (C=O) groups excluding carboxylic acids is 1. The summed E-state index contributed by atoms with van der Waals surface area (Å²) in [5, 5.41) is 0. The normalized spacial score (nSPS) is 17.0. The number of urea groups is 1. The fourth-order valence-electron chi connectivity index (χ4n) is 2.88. The Morgan fingerprint density at radius 1 is 1.16 bits per heavy atom. The van der Waals surface area contributed by atoms with Crippen molar-refractivity contribution in [1.29, 1.82) is 0 Å². The van der Waals surface area contributed by atoms with Crippen LogP contribution in [0.25, 0.3) is 0 Å². The summed E-state index contributed by atoms with van der Waals surface area (Å²) in [4.78, 5) is 18.6. The lowest BCUT2D eigenvalue weighted by Crippen LogP contribution is -2.44. The lowest BCUT2D eigenvalue weighted by Gasteiger charge is -2.28. The predicted molar refractivity (Wildman–Crippen MR) is 97.1 cm³/mol. The number of rotatable bonds is 4. The zero-order valence-electron chi connectivity index (χ0n) is 15.0. The van der Waals surface area contributed by atoms with Crippen LogP contribution >= 0.6 is 0 Å². The molecule has 1 aromatic carbocycles. The highest BCUT2D eigenvalue weighted by Gasteiger charge is 2.29. The highest BCUT2D eigenvalue weighted by molar-refractivity contribution is 5.93. The van der Waals surface area contributed by atoms with Gasteiger partial charge in [-0.15, -0.1) is 0 Å². The summed E-state index contributed by atoms with van der Waals surface area (Å²) in [6.45, 7) is 2.07. The number of nitrogens with zero attached hydrogens (tertiary/aromatic N) is 3. The third-order valence-electron chi connectivity index (χ3n) is 4.34. The second-order valence-electron chi connectivity index (χ2n) is 6.54. The van der Waals surface area contributed by atoms with E-state index < -0.39 is 0 Å². The molecular weight excluding hydrogens is 318 g/mol. The lowest BCUT2D eigenvalue weighted by atomic mass is 10.2. The van der Waals surface area contributed by atoms with E-state index in [1.165, 1.54) is 0 Å². The van der Waals surface area contributed by atoms with Gasteiger partial charge in [-0.25, -0.2) is 4.79 Å². The molecule has 3 rings (SSSR count). The fraction of sp³-hybridized carbons (Fsp3) is 0.421. The van der Waals surface area contributed by atoms with E-state index in [1.54, 1.807) is 16.1 Å². The van der Waals surface area contributed by atoms with Crippen LogP contribution in [0.1, 0.15) is 18.3 Å². The number of benzene rings is 1. The van der Waals surface area contributed by atoms with Gasteiger partial charge in [-0.05, 0) is 38.4 Å². The first kappa shape index (κ1) is 17.4. The minimum atomic E-state index is -0.193. The quantitative estimate of drug-likeness (QED) is 0.855. The predicted octanol–water partition coefficient (Wildman–Crippen LogP) is 3.22. The molecule has 1 aromatic heterocycles. The number of fused-ring (bicyclic) bond motifs is 1. The summed E-state index contributed by atoms with van der Waals surface area (Å²) >= 11 is 0. The van der Waals surface area contributed by atoms with Crippen molar-refractivity contribution < 1.29 is 13.9 Å². The first-order valence-corrected chi connectivity index (χ1v) is 8.52. The molecule has 0 bridgehead atoms. The van der Waals surface area contributed by atoms with Crippen LogP contribution in [0.3, 0.4) is 0 Å². The van der Waals surface area contributed by atoms with E-state index in [2.05, 4.69) is 4.90 Å². The molecule has 2 aromatic rings. The van der Waals surface area contributed by atoms with Crippen molar-refractivity contribution in [3.05, 3.63) is 48.4 Å². The number of furan rings is 1. The second-order valence-corrected chi connectivity index (χ2v) is 6.54. The maximum absolute atomic E-state index is 13.0. The molecule has 0 spiro atoms. The molecule has 0 saturated heterocycles. The van der Waals surface area contributed by atoms with E-state index in [0.29, 0.717) is 25.3 Å². The summed E-state index contributed by atoms with van der Waals surface area (Å²) in [5.74, 6) is 1.49. The maximum atomic E-state index is 13.0. The van der Waals surface area contributed by atoms with E-state index >= 15 is 0 Å². The van der Waals surface area contributed by atoms with Crippen LogP contribution in [0, 0.1) is 0 Å². The Balaban J connectivity index is 1.82. The van der Waals surface area contributed by atoms with Crippen LogP contribution < -0.4 is 9.64 Å². The summed E-state index contributed by atoms with van der Waals surface area (Å²) in [5.41, 5.74) is 0.804. The molecule has 0 fully saturated rings. The van der Waals surface area contributed by atoms with Crippen LogP contribution in [0.4, 0.5) is 10.5 Å². The Bertz CT molecular complexity index is 700. The molecule has 1 aliphatic rings. The van der Waals surface area contributed by atoms with Gasteiger partial charge in [0.05, 0.1) is 12.0 Å². The molecular formula is C19H25N3O3. The van der Waals surface area contributed by atoms with Gasteiger partial charge in [0.1, 0.15) is 11.5 Å². The zero-order valence-corrected chi connectivity index (χ0v) is 15.0. The number of hydrogen-bond acceptors (Lipinski definition) is 4. The Morgan fingerprint density at radius 3 is 2.68 bits per heavy atom. The minimum Gasteiger partial charge on any atom is -0.480 e. The first-order valence-electron chi connectivity index (χ1n) is 8.52. The summed E-state index contributed by atoms with van der Waals surface area (Å²) in [7, 11) is 5.84. The molecule has 0 radical (unpaired) electrons. The Hall–Kier alpha value is -2.47. The molecule has 0 N–H and O–H groups in total. The van der Waals surface area contributed by atoms with Gasteiger partial charge in [0.25, 0.3) is 0 Å². The Labute approximate surface area is 148 Å². The molecule has 134 valence electrons. The third kappa shape index (κ3) is 3.96. The number of amides is 2. The zero-order chi connectivity index (χ0) is 17.8. The molecule has 25 heavy (non-hydrogen) atoms. The van der Waals surface area contributed by atoms with Crippen LogP contribution in [-0.4, -0.2) is 56.6 Å². The van der Waals surface area contributed by atoms with Crippen LogP contribution in [-0.2, 0) is 0 Å². The van der Waals surface area contributed by atoms with Gasteiger partial charge in [0, 0.05) is 33.1 Å². The summed E-state index contributed by atoms with van der Waals surface area (Å²) < 4.78 is 11.7. The smallest absolute Gasteiger partial charge is 0.324 e. The number of hydrogen-bond donors (Lipinski definition) is 0. The largest absolute Gasteiger partial charge is 0.480 e. The van der Waals surface area contributed by atoms with Gasteiger partial charge < -0.3 is 19.0 Å². The molecule has 6 heteroatoms. The van der Waals surface area contributed by atoms with Crippen molar-refractivity contribution in [3.8, 4) is 5.75 Å². The van der Waals surface area contributed by atoms with E-state index in [1.807, 2.05) is 57.5 Å². The molecule has 1 atom stereocenters. The van der Waals surface area contributed by atoms with E-state index in [0.717, 1.165) is 18.0 Å². The number of likely N-dealkylation sites (N-methyl/N-ethyl adjacent to an activating group) is 2. The van der Waals surface area contributed by atoms with Crippen LogP contribution in [0.15, 0.2) is 47.1 Å². The third-order valence-corrected chi connectivity index (χ3v) is 4.34. The average molecular weight is 343 g/mol. The fourth-order valence-corrected chi connectivity index (χ4v) is 2.88. The van der Waals surface area contributed by atoms with Crippen LogP contribution in [0.2, 0.25) is 0 Å². The first-order chi connectivity index (χ1) is 12.1. The van der Waals surface area contributed by atoms with Crippen molar-refractivity contribution in [3.63, 3.8) is 0 Å². The minimum absolute atomic E-state index is 0.0157. The van der Waals surface area contributed by atoms with E-state index in [4.69, 9.17) is 9.15 Å². The van der Waals surface area contributed by atoms with Gasteiger partial charge >= 0.3 is 6.03 Å². The monoisotopic (exact) mass is 343 g/mol. The van der Waals surface area contributed by atoms with Crippen molar-refractivity contribution in [2.75, 3.05) is 45.7 Å². The van der Waals surface area contributed by atoms with Gasteiger partial charge in [-0.3, -0.25) is 4.90 Å². The van der Waals surface area contributed by atoms with Crippen LogP contribution in [0.5, 0.6) is 5.75 Å². The van der Waals surface area contributed by atoms with Crippen molar-refractivity contribution in [2.24, 2.45) is 0 Å². The highest BCUT2D eigenvalue weighted by Crippen LogP contribution is 2.37. The SMILES string of the molecule is CN(C)CCN(C)C(=O)N1CCC(c2ccco2)Oc2ccccc21. The molecule has 6 nitrogen and oxygen atoms in total. The molecule has 2 heterocycles. The lowest BCUT2D eigenvalue weighted by molar-refractivity contribution is 0.174. The van der Waals surface area contributed by atoms with E-state index in [-0.39, 0.29) is 12.1 Å². The van der Waals surface area contributed by atoms with Gasteiger partial charge in [0.15, 0.2) is 6.10 Å². The topological polar surface area (TPSA) is 49.2 Å². The van der Waals surface area contributed by atoms with E-state index in [9.17, 15) is 4.79 Å². The van der Waals surface area contributed by atoms with Crippen molar-refractivity contribution in [2.45, 2.75) is 12.5 Å². The summed E-state index contributed by atoms with van der Waals surface area (Å²) in [6, 6.07) is 11.4. The molecule has 1 unspecified atom stereocenters. The molecule has 0 saturated carbocycles. The van der Waals surface area contributed by atoms with Crippen molar-refractivity contribution in [1.82, 2.24) is 9.80 Å². The molecule has 1 aliphatic heterocycles. The van der Waals surface area contributed by atoms with Gasteiger partial charge in [0.2, 0.25) is 0 Å². The highest BCUT2D eigenvalue weighted by atomic mass is 16.5. The van der Waals surface area contributed by atoms with Crippen molar-refractivity contribution >= 4 is 11.7 Å². The Kier molecular flexibility index (Phi) is 5.28. The summed E-state index contributed by atoms with van der Waals surface area (Å²) in [6.07, 6.45) is 2.13. The number of carbonyl (C=O) groups is 1.